The summed E-state index contributed by atoms with van der Waals surface area (Å²) in [6.45, 7) is 8.42. The Morgan fingerprint density at radius 1 is 1.15 bits per heavy atom. The fourth-order valence-corrected chi connectivity index (χ4v) is 3.63. The molecular formula is C20H28N2O4. The molecule has 1 aliphatic heterocycles. The van der Waals surface area contributed by atoms with Crippen molar-refractivity contribution in [1.29, 1.82) is 0 Å². The van der Waals surface area contributed by atoms with Crippen LogP contribution in [-0.4, -0.2) is 48.7 Å². The summed E-state index contributed by atoms with van der Waals surface area (Å²) in [6.07, 6.45) is -0.235. The van der Waals surface area contributed by atoms with Crippen LogP contribution in [0.3, 0.4) is 0 Å². The number of esters is 1. The van der Waals surface area contributed by atoms with Gasteiger partial charge in [-0.1, -0.05) is 30.3 Å². The van der Waals surface area contributed by atoms with E-state index in [-0.39, 0.29) is 18.6 Å². The van der Waals surface area contributed by atoms with Gasteiger partial charge in [0.2, 0.25) is 0 Å². The lowest BCUT2D eigenvalue weighted by Crippen LogP contribution is -2.35. The number of nitrogens with one attached hydrogen (secondary N) is 1. The number of rotatable bonds is 6. The molecule has 0 spiro atoms. The maximum atomic E-state index is 12.2. The van der Waals surface area contributed by atoms with Crippen LogP contribution in [0.15, 0.2) is 30.3 Å². The van der Waals surface area contributed by atoms with Crippen LogP contribution in [0.4, 0.5) is 4.79 Å². The second-order valence-electron chi connectivity index (χ2n) is 8.15. The van der Waals surface area contributed by atoms with Gasteiger partial charge in [0.05, 0.1) is 6.54 Å². The van der Waals surface area contributed by atoms with Gasteiger partial charge >= 0.3 is 12.1 Å². The predicted molar refractivity (Wildman–Crippen MR) is 97.4 cm³/mol. The highest BCUT2D eigenvalue weighted by atomic mass is 16.6. The molecular weight excluding hydrogens is 332 g/mol. The predicted octanol–water partition coefficient (Wildman–Crippen LogP) is 2.43. The number of piperidine rings is 1. The fourth-order valence-electron chi connectivity index (χ4n) is 3.63. The van der Waals surface area contributed by atoms with Gasteiger partial charge in [-0.2, -0.15) is 0 Å². The Balaban J connectivity index is 1.31. The van der Waals surface area contributed by atoms with Crippen LogP contribution in [0, 0.1) is 17.8 Å². The van der Waals surface area contributed by atoms with Crippen molar-refractivity contribution in [2.24, 2.45) is 17.8 Å². The number of carbonyl (C=O) groups excluding carboxylic acids is 2. The first-order chi connectivity index (χ1) is 12.3. The second kappa shape index (κ2) is 7.66. The smallest absolute Gasteiger partial charge is 0.410 e. The van der Waals surface area contributed by atoms with Gasteiger partial charge in [0.25, 0.3) is 0 Å². The van der Waals surface area contributed by atoms with E-state index in [1.807, 2.05) is 51.1 Å². The molecule has 1 aliphatic carbocycles. The van der Waals surface area contributed by atoms with Crippen LogP contribution in [0.2, 0.25) is 0 Å². The molecule has 3 rings (SSSR count). The zero-order chi connectivity index (χ0) is 18.7. The molecule has 2 atom stereocenters. The number of hydrogen-bond donors (Lipinski definition) is 1. The van der Waals surface area contributed by atoms with Crippen molar-refractivity contribution in [3.8, 4) is 0 Å². The van der Waals surface area contributed by atoms with Crippen LogP contribution in [0.1, 0.15) is 26.3 Å². The molecule has 2 aliphatic rings. The van der Waals surface area contributed by atoms with E-state index in [1.54, 1.807) is 4.90 Å². The number of amides is 1. The van der Waals surface area contributed by atoms with Gasteiger partial charge in [-0.25, -0.2) is 4.79 Å². The Morgan fingerprint density at radius 2 is 1.81 bits per heavy atom. The summed E-state index contributed by atoms with van der Waals surface area (Å²) < 4.78 is 10.7. The van der Waals surface area contributed by atoms with Crippen molar-refractivity contribution in [2.45, 2.75) is 33.0 Å². The van der Waals surface area contributed by atoms with E-state index in [4.69, 9.17) is 9.47 Å². The summed E-state index contributed by atoms with van der Waals surface area (Å²) in [6, 6.07) is 9.70. The summed E-state index contributed by atoms with van der Waals surface area (Å²) in [5.41, 5.74) is 0.546. The maximum Gasteiger partial charge on any atom is 0.410 e. The first-order valence-electron chi connectivity index (χ1n) is 9.22. The van der Waals surface area contributed by atoms with Crippen LogP contribution in [0.5, 0.6) is 0 Å². The highest BCUT2D eigenvalue weighted by Gasteiger charge is 2.56. The van der Waals surface area contributed by atoms with Gasteiger partial charge < -0.3 is 19.7 Å². The third-order valence-electron chi connectivity index (χ3n) is 4.90. The number of fused-ring (bicyclic) bond motifs is 1. The van der Waals surface area contributed by atoms with Crippen molar-refractivity contribution in [3.05, 3.63) is 35.9 Å². The lowest BCUT2D eigenvalue weighted by molar-refractivity contribution is -0.153. The molecule has 0 aromatic heterocycles. The lowest BCUT2D eigenvalue weighted by Gasteiger charge is -2.20. The van der Waals surface area contributed by atoms with Crippen molar-refractivity contribution in [3.63, 3.8) is 0 Å². The Morgan fingerprint density at radius 3 is 2.42 bits per heavy atom. The molecule has 1 aromatic carbocycles. The number of likely N-dealkylation sites (tertiary alicyclic amines) is 1. The van der Waals surface area contributed by atoms with E-state index in [0.717, 1.165) is 25.2 Å². The van der Waals surface area contributed by atoms with Crippen molar-refractivity contribution >= 4 is 12.1 Å². The minimum Gasteiger partial charge on any atom is -0.459 e. The monoisotopic (exact) mass is 360 g/mol. The topological polar surface area (TPSA) is 67.9 Å². The maximum absolute atomic E-state index is 12.2. The van der Waals surface area contributed by atoms with Crippen molar-refractivity contribution in [1.82, 2.24) is 10.2 Å². The fraction of sp³-hybridized carbons (Fsp3) is 0.600. The average Bonchev–Trinajstić information content (AvgIpc) is 3.02. The van der Waals surface area contributed by atoms with Crippen molar-refractivity contribution < 1.29 is 19.1 Å². The van der Waals surface area contributed by atoms with Gasteiger partial charge in [0, 0.05) is 13.1 Å². The Bertz CT molecular complexity index is 629. The van der Waals surface area contributed by atoms with Gasteiger partial charge in [-0.3, -0.25) is 4.79 Å². The zero-order valence-corrected chi connectivity index (χ0v) is 15.7. The highest BCUT2D eigenvalue weighted by molar-refractivity contribution is 5.72. The van der Waals surface area contributed by atoms with E-state index in [9.17, 15) is 9.59 Å². The molecule has 1 saturated carbocycles. The Hall–Kier alpha value is -2.08. The SMILES string of the molecule is CC(C)(C)OC(=O)CNCC1C2CN(C(=O)OCc3ccccc3)CC12. The van der Waals surface area contributed by atoms with E-state index in [1.165, 1.54) is 0 Å². The molecule has 1 heterocycles. The Labute approximate surface area is 154 Å². The standard InChI is InChI=1S/C20H28N2O4/c1-20(2,3)26-18(23)10-21-9-15-16-11-22(12-17(15)16)19(24)25-13-14-7-5-4-6-8-14/h4-8,15-17,21H,9-13H2,1-3H3. The third kappa shape index (κ3) is 4.97. The molecule has 1 aromatic rings. The number of nitrogens with zero attached hydrogens (tertiary/aromatic N) is 1. The van der Waals surface area contributed by atoms with Crippen molar-refractivity contribution in [2.75, 3.05) is 26.2 Å². The van der Waals surface area contributed by atoms with E-state index >= 15 is 0 Å². The van der Waals surface area contributed by atoms with Crippen LogP contribution < -0.4 is 5.32 Å². The van der Waals surface area contributed by atoms with E-state index in [2.05, 4.69) is 5.32 Å². The molecule has 26 heavy (non-hydrogen) atoms. The molecule has 2 fully saturated rings. The summed E-state index contributed by atoms with van der Waals surface area (Å²) in [4.78, 5) is 25.6. The van der Waals surface area contributed by atoms with Gasteiger partial charge in [0.1, 0.15) is 12.2 Å². The number of benzene rings is 1. The minimum atomic E-state index is -0.449. The van der Waals surface area contributed by atoms with Crippen LogP contribution >= 0.6 is 0 Å². The van der Waals surface area contributed by atoms with Crippen LogP contribution in [-0.2, 0) is 20.9 Å². The van der Waals surface area contributed by atoms with Gasteiger partial charge in [-0.15, -0.1) is 0 Å². The molecule has 1 N–H and O–H groups in total. The van der Waals surface area contributed by atoms with E-state index < -0.39 is 5.60 Å². The molecule has 1 amide bonds. The van der Waals surface area contributed by atoms with Gasteiger partial charge in [0.15, 0.2) is 0 Å². The summed E-state index contributed by atoms with van der Waals surface area (Å²) in [5.74, 6) is 1.35. The van der Waals surface area contributed by atoms with E-state index in [0.29, 0.717) is 24.4 Å². The second-order valence-corrected chi connectivity index (χ2v) is 8.15. The minimum absolute atomic E-state index is 0.227. The zero-order valence-electron chi connectivity index (χ0n) is 15.7. The first kappa shape index (κ1) is 18.7. The summed E-state index contributed by atoms with van der Waals surface area (Å²) in [7, 11) is 0. The molecule has 6 nitrogen and oxygen atoms in total. The van der Waals surface area contributed by atoms with Gasteiger partial charge in [-0.05, 0) is 50.6 Å². The average molecular weight is 360 g/mol. The number of ether oxygens (including phenoxy) is 2. The molecule has 142 valence electrons. The third-order valence-corrected chi connectivity index (χ3v) is 4.90. The largest absolute Gasteiger partial charge is 0.459 e. The number of carbonyl (C=O) groups is 2. The molecule has 1 saturated heterocycles. The normalized spacial score (nSPS) is 24.1. The molecule has 0 bridgehead atoms. The summed E-state index contributed by atoms with van der Waals surface area (Å²) >= 11 is 0. The molecule has 6 heteroatoms. The highest BCUT2D eigenvalue weighted by Crippen LogP contribution is 2.51. The Kier molecular flexibility index (Phi) is 5.51. The quantitative estimate of drug-likeness (QED) is 0.789. The van der Waals surface area contributed by atoms with Crippen LogP contribution in [0.25, 0.3) is 0 Å². The molecule has 2 unspecified atom stereocenters. The summed E-state index contributed by atoms with van der Waals surface area (Å²) in [5, 5.41) is 3.18. The lowest BCUT2D eigenvalue weighted by atomic mass is 10.2. The molecule has 0 radical (unpaired) electrons. The number of hydrogen-bond acceptors (Lipinski definition) is 5. The first-order valence-corrected chi connectivity index (χ1v) is 9.22.